The van der Waals surface area contributed by atoms with E-state index in [-0.39, 0.29) is 23.4 Å². The SMILES string of the molecule is C[C@@H]1CC(F)c2ncnc(N3CCN(C(=O)[C@@H](c4ccc(C(F)(F)F)cc4)[C@@H]4CCC(C)(C)N4)CC3)c21. The van der Waals surface area contributed by atoms with Crippen LogP contribution in [0.1, 0.15) is 80.4 Å². The van der Waals surface area contributed by atoms with Gasteiger partial charge in [0.05, 0.1) is 17.2 Å². The molecule has 200 valence electrons. The zero-order valence-electron chi connectivity index (χ0n) is 21.4. The number of amides is 1. The van der Waals surface area contributed by atoms with Gasteiger partial charge in [0.2, 0.25) is 5.91 Å². The van der Waals surface area contributed by atoms with Gasteiger partial charge >= 0.3 is 6.18 Å². The Hall–Kier alpha value is -2.75. The smallest absolute Gasteiger partial charge is 0.353 e. The van der Waals surface area contributed by atoms with E-state index >= 15 is 0 Å². The van der Waals surface area contributed by atoms with Crippen molar-refractivity contribution < 1.29 is 22.4 Å². The highest BCUT2D eigenvalue weighted by atomic mass is 19.4. The number of rotatable bonds is 4. The molecule has 1 amide bonds. The van der Waals surface area contributed by atoms with Crippen molar-refractivity contribution in [2.75, 3.05) is 31.1 Å². The summed E-state index contributed by atoms with van der Waals surface area (Å²) in [6.45, 7) is 8.13. The van der Waals surface area contributed by atoms with Gasteiger partial charge < -0.3 is 15.1 Å². The summed E-state index contributed by atoms with van der Waals surface area (Å²) in [5.74, 6) is 0.107. The van der Waals surface area contributed by atoms with Gasteiger partial charge in [0.15, 0.2) is 0 Å². The molecule has 3 aliphatic rings. The van der Waals surface area contributed by atoms with E-state index in [0.29, 0.717) is 43.9 Å². The minimum Gasteiger partial charge on any atom is -0.353 e. The molecule has 6 nitrogen and oxygen atoms in total. The summed E-state index contributed by atoms with van der Waals surface area (Å²) in [6.07, 6.45) is -2.06. The Kier molecular flexibility index (Phi) is 6.66. The molecule has 37 heavy (non-hydrogen) atoms. The molecule has 0 radical (unpaired) electrons. The summed E-state index contributed by atoms with van der Waals surface area (Å²) in [4.78, 5) is 26.4. The van der Waals surface area contributed by atoms with Crippen molar-refractivity contribution in [3.05, 3.63) is 53.0 Å². The lowest BCUT2D eigenvalue weighted by atomic mass is 9.88. The van der Waals surface area contributed by atoms with Crippen LogP contribution in [0.3, 0.4) is 0 Å². The van der Waals surface area contributed by atoms with Crippen LogP contribution in [0.5, 0.6) is 0 Å². The second-order valence-electron chi connectivity index (χ2n) is 11.2. The average Bonchev–Trinajstić information content (AvgIpc) is 3.36. The van der Waals surface area contributed by atoms with Crippen LogP contribution in [-0.2, 0) is 11.0 Å². The monoisotopic (exact) mass is 519 g/mol. The molecule has 5 rings (SSSR count). The number of halogens is 4. The normalized spacial score (nSPS) is 26.3. The van der Waals surface area contributed by atoms with Gasteiger partial charge in [-0.3, -0.25) is 4.79 Å². The lowest BCUT2D eigenvalue weighted by Crippen LogP contribution is -2.53. The highest BCUT2D eigenvalue weighted by Gasteiger charge is 2.42. The summed E-state index contributed by atoms with van der Waals surface area (Å²) < 4.78 is 53.9. The number of carbonyl (C=O) groups is 1. The Balaban J connectivity index is 1.35. The molecule has 0 bridgehead atoms. The number of carbonyl (C=O) groups excluding carboxylic acids is 1. The molecule has 2 aliphatic heterocycles. The predicted molar refractivity (Wildman–Crippen MR) is 132 cm³/mol. The number of hydrogen-bond donors (Lipinski definition) is 1. The van der Waals surface area contributed by atoms with Crippen LogP contribution in [0.15, 0.2) is 30.6 Å². The van der Waals surface area contributed by atoms with Crippen LogP contribution >= 0.6 is 0 Å². The molecule has 2 saturated heterocycles. The number of benzene rings is 1. The molecule has 0 saturated carbocycles. The Morgan fingerprint density at radius 2 is 1.78 bits per heavy atom. The first kappa shape index (κ1) is 25.9. The van der Waals surface area contributed by atoms with E-state index in [1.165, 1.54) is 18.5 Å². The number of hydrogen-bond acceptors (Lipinski definition) is 5. The summed E-state index contributed by atoms with van der Waals surface area (Å²) in [7, 11) is 0. The van der Waals surface area contributed by atoms with Gasteiger partial charge in [0.25, 0.3) is 0 Å². The van der Waals surface area contributed by atoms with E-state index in [1.807, 2.05) is 6.92 Å². The molecule has 0 spiro atoms. The Morgan fingerprint density at radius 1 is 1.11 bits per heavy atom. The quantitative estimate of drug-likeness (QED) is 0.578. The van der Waals surface area contributed by atoms with E-state index in [4.69, 9.17) is 0 Å². The lowest BCUT2D eigenvalue weighted by Gasteiger charge is -2.39. The van der Waals surface area contributed by atoms with E-state index in [2.05, 4.69) is 34.0 Å². The number of alkyl halides is 4. The van der Waals surface area contributed by atoms with Crippen LogP contribution in [0, 0.1) is 0 Å². The number of nitrogens with one attached hydrogen (secondary N) is 1. The summed E-state index contributed by atoms with van der Waals surface area (Å²) in [5, 5.41) is 3.53. The lowest BCUT2D eigenvalue weighted by molar-refractivity contribution is -0.137. The second-order valence-corrected chi connectivity index (χ2v) is 11.2. The van der Waals surface area contributed by atoms with Crippen LogP contribution in [0.4, 0.5) is 23.4 Å². The molecular weight excluding hydrogens is 486 g/mol. The largest absolute Gasteiger partial charge is 0.416 e. The van der Waals surface area contributed by atoms with Gasteiger partial charge in [0.1, 0.15) is 18.3 Å². The first-order chi connectivity index (χ1) is 17.4. The first-order valence-electron chi connectivity index (χ1n) is 12.9. The summed E-state index contributed by atoms with van der Waals surface area (Å²) >= 11 is 0. The Morgan fingerprint density at radius 3 is 2.38 bits per heavy atom. The molecular formula is C27H33F4N5O. The van der Waals surface area contributed by atoms with Gasteiger partial charge in [-0.25, -0.2) is 14.4 Å². The van der Waals surface area contributed by atoms with Crippen LogP contribution in [0.25, 0.3) is 0 Å². The third kappa shape index (κ3) is 5.04. The van der Waals surface area contributed by atoms with Gasteiger partial charge in [-0.2, -0.15) is 13.2 Å². The molecule has 4 atom stereocenters. The van der Waals surface area contributed by atoms with Gasteiger partial charge in [-0.05, 0) is 56.7 Å². The predicted octanol–water partition coefficient (Wildman–Crippen LogP) is 4.98. The van der Waals surface area contributed by atoms with E-state index in [1.54, 1.807) is 4.90 Å². The fraction of sp³-hybridized carbons (Fsp3) is 0.593. The van der Waals surface area contributed by atoms with Crippen molar-refractivity contribution >= 4 is 11.7 Å². The Labute approximate surface area is 214 Å². The molecule has 1 aromatic carbocycles. The minimum absolute atomic E-state index is 0.0294. The first-order valence-corrected chi connectivity index (χ1v) is 12.9. The van der Waals surface area contributed by atoms with Crippen molar-refractivity contribution in [1.82, 2.24) is 20.2 Å². The third-order valence-electron chi connectivity index (χ3n) is 8.06. The van der Waals surface area contributed by atoms with Crippen molar-refractivity contribution in [1.29, 1.82) is 0 Å². The summed E-state index contributed by atoms with van der Waals surface area (Å²) in [5.41, 5.74) is 1.04. The highest BCUT2D eigenvalue weighted by molar-refractivity contribution is 5.85. The number of aromatic nitrogens is 2. The van der Waals surface area contributed by atoms with Crippen molar-refractivity contribution in [2.24, 2.45) is 0 Å². The van der Waals surface area contributed by atoms with Gasteiger partial charge in [0, 0.05) is 43.3 Å². The standard InChI is InChI=1S/C27H33F4N5O/c1-16-14-19(28)23-21(16)24(33-15-32-23)35-10-12-36(13-11-35)25(37)22(20-8-9-26(2,3)34-20)17-4-6-18(7-5-17)27(29,30)31/h4-7,15-16,19-20,22,34H,8-14H2,1-3H3/t16-,19?,20+,22+/m1/s1. The number of nitrogens with zero attached hydrogens (tertiary/aromatic N) is 4. The molecule has 3 heterocycles. The van der Waals surface area contributed by atoms with Crippen LogP contribution < -0.4 is 10.2 Å². The zero-order valence-corrected chi connectivity index (χ0v) is 21.4. The fourth-order valence-corrected chi connectivity index (χ4v) is 6.09. The van der Waals surface area contributed by atoms with Crippen LogP contribution in [0.2, 0.25) is 0 Å². The maximum atomic E-state index is 14.4. The van der Waals surface area contributed by atoms with Gasteiger partial charge in [-0.1, -0.05) is 19.1 Å². The van der Waals surface area contributed by atoms with E-state index in [9.17, 15) is 22.4 Å². The maximum Gasteiger partial charge on any atom is 0.416 e. The molecule has 1 unspecified atom stereocenters. The number of anilines is 1. The fourth-order valence-electron chi connectivity index (χ4n) is 6.09. The molecule has 1 N–H and O–H groups in total. The van der Waals surface area contributed by atoms with E-state index in [0.717, 1.165) is 36.4 Å². The average molecular weight is 520 g/mol. The van der Waals surface area contributed by atoms with Crippen LogP contribution in [-0.4, -0.2) is 58.5 Å². The zero-order chi connectivity index (χ0) is 26.5. The van der Waals surface area contributed by atoms with E-state index < -0.39 is 23.8 Å². The number of piperazine rings is 1. The second kappa shape index (κ2) is 9.53. The maximum absolute atomic E-state index is 14.4. The van der Waals surface area contributed by atoms with Crippen molar-refractivity contribution in [3.63, 3.8) is 0 Å². The molecule has 1 aliphatic carbocycles. The molecule has 1 aromatic heterocycles. The molecule has 10 heteroatoms. The van der Waals surface area contributed by atoms with Crippen molar-refractivity contribution in [2.45, 2.75) is 75.8 Å². The summed E-state index contributed by atoms with van der Waals surface area (Å²) in [6, 6.07) is 4.83. The van der Waals surface area contributed by atoms with Crippen molar-refractivity contribution in [3.8, 4) is 0 Å². The minimum atomic E-state index is -4.43. The number of fused-ring (bicyclic) bond motifs is 1. The molecule has 2 aromatic rings. The third-order valence-corrected chi connectivity index (χ3v) is 8.06. The topological polar surface area (TPSA) is 61.4 Å². The Bertz CT molecular complexity index is 1140. The molecule has 2 fully saturated rings. The highest BCUT2D eigenvalue weighted by Crippen LogP contribution is 2.45. The van der Waals surface area contributed by atoms with Gasteiger partial charge in [-0.15, -0.1) is 0 Å².